The van der Waals surface area contributed by atoms with Gasteiger partial charge in [-0.05, 0) is 23.8 Å². The van der Waals surface area contributed by atoms with Gasteiger partial charge in [-0.15, -0.1) is 0 Å². The van der Waals surface area contributed by atoms with E-state index in [1.807, 2.05) is 0 Å². The van der Waals surface area contributed by atoms with Crippen LogP contribution in [0.2, 0.25) is 0 Å². The average molecular weight is 382 g/mol. The van der Waals surface area contributed by atoms with E-state index in [1.54, 1.807) is 49.3 Å². The second-order valence-corrected chi connectivity index (χ2v) is 5.78. The molecule has 0 bridgehead atoms. The van der Waals surface area contributed by atoms with Gasteiger partial charge in [0.1, 0.15) is 29.7 Å². The summed E-state index contributed by atoms with van der Waals surface area (Å²) in [5.41, 5.74) is -0.281. The topological polar surface area (TPSA) is 99.5 Å². The first-order chi connectivity index (χ1) is 13.2. The van der Waals surface area contributed by atoms with Gasteiger partial charge in [-0.25, -0.2) is 4.98 Å². The third-order valence-corrected chi connectivity index (χ3v) is 3.67. The first-order valence-corrected chi connectivity index (χ1v) is 7.77. The van der Waals surface area contributed by atoms with Crippen molar-refractivity contribution in [3.8, 4) is 29.3 Å². The molecule has 0 unspecified atom stereocenters. The number of hydrogen-bond acceptors (Lipinski definition) is 6. The van der Waals surface area contributed by atoms with Crippen LogP contribution >= 0.6 is 0 Å². The Kier molecular flexibility index (Phi) is 5.88. The van der Waals surface area contributed by atoms with Crippen LogP contribution in [0.1, 0.15) is 5.56 Å². The lowest BCUT2D eigenvalue weighted by atomic mass is 10.0. The minimum Gasteiger partial charge on any atom is -0.362 e. The summed E-state index contributed by atoms with van der Waals surface area (Å²) in [5.74, 6) is 0.363. The fourth-order valence-electron chi connectivity index (χ4n) is 2.34. The average Bonchev–Trinajstić information content (AvgIpc) is 2.67. The minimum absolute atomic E-state index is 0.215. The lowest BCUT2D eigenvalue weighted by Gasteiger charge is -2.18. The third kappa shape index (κ3) is 4.38. The summed E-state index contributed by atoms with van der Waals surface area (Å²) in [5, 5.41) is 29.4. The number of hydrogen-bond donors (Lipinski definition) is 1. The first kappa shape index (κ1) is 20.3. The molecule has 6 nitrogen and oxygen atoms in total. The lowest BCUT2D eigenvalue weighted by molar-refractivity contribution is -0.137. The van der Waals surface area contributed by atoms with Crippen molar-refractivity contribution in [2.75, 3.05) is 24.3 Å². The zero-order valence-corrected chi connectivity index (χ0v) is 14.8. The summed E-state index contributed by atoms with van der Waals surface area (Å²) in [6, 6.07) is 12.1. The number of pyridine rings is 1. The molecule has 0 spiro atoms. The first-order valence-electron chi connectivity index (χ1n) is 7.77. The van der Waals surface area contributed by atoms with Crippen molar-refractivity contribution in [2.24, 2.45) is 0 Å². The van der Waals surface area contributed by atoms with Crippen LogP contribution in [0, 0.1) is 34.0 Å². The largest absolute Gasteiger partial charge is 0.417 e. The number of nitriles is 3. The Morgan fingerprint density at radius 1 is 1.04 bits per heavy atom. The van der Waals surface area contributed by atoms with Crippen molar-refractivity contribution in [3.63, 3.8) is 0 Å². The Labute approximate surface area is 159 Å². The van der Waals surface area contributed by atoms with E-state index >= 15 is 0 Å². The smallest absolute Gasteiger partial charge is 0.362 e. The molecule has 0 amide bonds. The fraction of sp³-hybridized carbons (Fsp3) is 0.158. The van der Waals surface area contributed by atoms with Crippen LogP contribution in [0.4, 0.5) is 24.7 Å². The van der Waals surface area contributed by atoms with E-state index in [2.05, 4.69) is 10.3 Å². The predicted octanol–water partition coefficient (Wildman–Crippen LogP) is 4.07. The van der Waals surface area contributed by atoms with Gasteiger partial charge >= 0.3 is 6.18 Å². The van der Waals surface area contributed by atoms with Crippen LogP contribution in [-0.4, -0.2) is 19.1 Å². The van der Waals surface area contributed by atoms with E-state index in [0.29, 0.717) is 17.1 Å². The van der Waals surface area contributed by atoms with Crippen LogP contribution in [0.15, 0.2) is 47.8 Å². The zero-order valence-electron chi connectivity index (χ0n) is 14.8. The number of alkyl halides is 3. The molecule has 0 aliphatic rings. The number of nitrogens with one attached hydrogen (secondary N) is 1. The number of rotatable bonds is 4. The molecular weight excluding hydrogens is 369 g/mol. The molecule has 1 N–H and O–H groups in total. The van der Waals surface area contributed by atoms with E-state index in [1.165, 1.54) is 12.1 Å². The molecule has 0 radical (unpaired) electrons. The Morgan fingerprint density at radius 3 is 2.11 bits per heavy atom. The Bertz CT molecular complexity index is 1020. The molecule has 0 fully saturated rings. The molecule has 0 aliphatic carbocycles. The summed E-state index contributed by atoms with van der Waals surface area (Å²) in [6.45, 7) is 0. The van der Waals surface area contributed by atoms with Gasteiger partial charge in [0.25, 0.3) is 0 Å². The van der Waals surface area contributed by atoms with Crippen molar-refractivity contribution in [1.82, 2.24) is 4.98 Å². The molecule has 1 aromatic heterocycles. The maximum absolute atomic E-state index is 13.1. The molecular formula is C19H13F3N6. The van der Waals surface area contributed by atoms with Gasteiger partial charge in [-0.3, -0.25) is 0 Å². The van der Waals surface area contributed by atoms with Gasteiger partial charge in [0, 0.05) is 31.5 Å². The Morgan fingerprint density at radius 2 is 1.64 bits per heavy atom. The summed E-state index contributed by atoms with van der Waals surface area (Å²) in [6.07, 6.45) is -3.74. The van der Waals surface area contributed by atoms with Crippen LogP contribution in [0.5, 0.6) is 0 Å². The minimum atomic E-state index is -4.52. The summed E-state index contributed by atoms with van der Waals surface area (Å²) in [7, 11) is 3.34. The maximum atomic E-state index is 13.1. The molecule has 2 rings (SSSR count). The van der Waals surface area contributed by atoms with Gasteiger partial charge in [0.05, 0.1) is 5.56 Å². The van der Waals surface area contributed by atoms with Crippen molar-refractivity contribution >= 4 is 11.5 Å². The number of anilines is 2. The van der Waals surface area contributed by atoms with Gasteiger partial charge in [-0.2, -0.15) is 29.0 Å². The highest BCUT2D eigenvalue weighted by Crippen LogP contribution is 2.36. The molecule has 1 heterocycles. The molecule has 0 saturated carbocycles. The fourth-order valence-corrected chi connectivity index (χ4v) is 2.34. The second kappa shape index (κ2) is 8.11. The SMILES string of the molecule is CN(C)c1ncc(C(F)(F)F)cc1-c1ccc(NC(C#N)=C(C#N)C#N)cc1. The Balaban J connectivity index is 2.46. The molecule has 0 aliphatic heterocycles. The lowest BCUT2D eigenvalue weighted by Crippen LogP contribution is -2.14. The highest BCUT2D eigenvalue weighted by Gasteiger charge is 2.32. The standard InChI is InChI=1S/C19H13F3N6/c1-28(2)18-16(7-14(11-26-18)19(20,21)22)12-3-5-15(6-4-12)27-17(10-25)13(8-23)9-24/h3-7,11,27H,1-2H3. The highest BCUT2D eigenvalue weighted by atomic mass is 19.4. The number of halogens is 3. The van der Waals surface area contributed by atoms with E-state index in [0.717, 1.165) is 12.3 Å². The van der Waals surface area contributed by atoms with Gasteiger partial charge in [0.15, 0.2) is 5.57 Å². The van der Waals surface area contributed by atoms with E-state index < -0.39 is 11.7 Å². The number of allylic oxidation sites excluding steroid dienone is 2. The quantitative estimate of drug-likeness (QED) is 0.800. The molecule has 0 atom stereocenters. The van der Waals surface area contributed by atoms with Crippen molar-refractivity contribution in [3.05, 3.63) is 53.4 Å². The molecule has 2 aromatic rings. The molecule has 9 heteroatoms. The van der Waals surface area contributed by atoms with Crippen molar-refractivity contribution in [1.29, 1.82) is 15.8 Å². The van der Waals surface area contributed by atoms with E-state index in [9.17, 15) is 13.2 Å². The third-order valence-electron chi connectivity index (χ3n) is 3.67. The highest BCUT2D eigenvalue weighted by molar-refractivity contribution is 5.77. The molecule has 140 valence electrons. The maximum Gasteiger partial charge on any atom is 0.417 e. The number of benzene rings is 1. The van der Waals surface area contributed by atoms with E-state index in [4.69, 9.17) is 15.8 Å². The number of nitrogens with zero attached hydrogens (tertiary/aromatic N) is 5. The van der Waals surface area contributed by atoms with Crippen molar-refractivity contribution in [2.45, 2.75) is 6.18 Å². The summed E-state index contributed by atoms with van der Waals surface area (Å²) >= 11 is 0. The summed E-state index contributed by atoms with van der Waals surface area (Å²) < 4.78 is 39.2. The zero-order chi connectivity index (χ0) is 20.9. The monoisotopic (exact) mass is 382 g/mol. The van der Waals surface area contributed by atoms with E-state index in [-0.39, 0.29) is 16.8 Å². The Hall–Kier alpha value is -4.03. The predicted molar refractivity (Wildman–Crippen MR) is 96.5 cm³/mol. The van der Waals surface area contributed by atoms with Gasteiger partial charge < -0.3 is 10.2 Å². The summed E-state index contributed by atoms with van der Waals surface area (Å²) in [4.78, 5) is 5.52. The van der Waals surface area contributed by atoms with Crippen molar-refractivity contribution < 1.29 is 13.2 Å². The van der Waals surface area contributed by atoms with Crippen LogP contribution in [0.25, 0.3) is 11.1 Å². The normalized spacial score (nSPS) is 10.2. The molecule has 1 aromatic carbocycles. The second-order valence-electron chi connectivity index (χ2n) is 5.78. The molecule has 0 saturated heterocycles. The van der Waals surface area contributed by atoms with Gasteiger partial charge in [-0.1, -0.05) is 12.1 Å². The van der Waals surface area contributed by atoms with Crippen LogP contribution < -0.4 is 10.2 Å². The van der Waals surface area contributed by atoms with Gasteiger partial charge in [0.2, 0.25) is 0 Å². The molecule has 28 heavy (non-hydrogen) atoms. The van der Waals surface area contributed by atoms with Crippen LogP contribution in [-0.2, 0) is 6.18 Å². The van der Waals surface area contributed by atoms with Crippen LogP contribution in [0.3, 0.4) is 0 Å². The number of aromatic nitrogens is 1.